The van der Waals surface area contributed by atoms with Gasteiger partial charge < -0.3 is 9.47 Å². The first-order valence-corrected chi connectivity index (χ1v) is 7.52. The summed E-state index contributed by atoms with van der Waals surface area (Å²) in [5.74, 6) is -0.489. The molecule has 126 valence electrons. The van der Waals surface area contributed by atoms with Crippen LogP contribution in [0.25, 0.3) is 0 Å². The monoisotopic (exact) mass is 348 g/mol. The molecule has 0 saturated heterocycles. The summed E-state index contributed by atoms with van der Waals surface area (Å²) in [5, 5.41) is 0.530. The zero-order chi connectivity index (χ0) is 17.7. The maximum Gasteiger partial charge on any atom is 0.318 e. The second kappa shape index (κ2) is 7.40. The second-order valence-corrected chi connectivity index (χ2v) is 5.81. The number of hydrogen-bond acceptors (Lipinski definition) is 6. The highest BCUT2D eigenvalue weighted by molar-refractivity contribution is 6.30. The molecule has 1 heterocycles. The van der Waals surface area contributed by atoms with Gasteiger partial charge in [-0.1, -0.05) is 11.6 Å². The minimum absolute atomic E-state index is 0.110. The number of carbonyl (C=O) groups excluding carboxylic acids is 2. The highest BCUT2D eigenvalue weighted by Gasteiger charge is 2.40. The first-order chi connectivity index (χ1) is 11.4. The Hall–Kier alpha value is -2.47. The number of carbonyl (C=O) groups is 2. The van der Waals surface area contributed by atoms with E-state index in [0.717, 1.165) is 0 Å². The molecule has 1 aromatic carbocycles. The van der Waals surface area contributed by atoms with Gasteiger partial charge in [-0.05, 0) is 31.2 Å². The Labute approximate surface area is 144 Å². The number of methoxy groups -OCH3 is 2. The molecule has 24 heavy (non-hydrogen) atoms. The van der Waals surface area contributed by atoms with E-state index in [9.17, 15) is 9.59 Å². The van der Waals surface area contributed by atoms with E-state index in [0.29, 0.717) is 22.2 Å². The zero-order valence-electron chi connectivity index (χ0n) is 13.6. The summed E-state index contributed by atoms with van der Waals surface area (Å²) in [6.07, 6.45) is 1.17. The number of halogens is 1. The maximum absolute atomic E-state index is 12.6. The lowest BCUT2D eigenvalue weighted by Gasteiger charge is -2.25. The molecule has 0 aliphatic rings. The molecule has 0 aliphatic carbocycles. The van der Waals surface area contributed by atoms with Gasteiger partial charge in [0.2, 0.25) is 5.88 Å². The van der Waals surface area contributed by atoms with Gasteiger partial charge in [-0.2, -0.15) is 0 Å². The number of ketones is 1. The fraction of sp³-hybridized carbons (Fsp3) is 0.294. The topological polar surface area (TPSA) is 78.4 Å². The van der Waals surface area contributed by atoms with Crippen LogP contribution in [-0.2, 0) is 14.9 Å². The molecule has 0 spiro atoms. The molecule has 2 rings (SSSR count). The number of esters is 1. The van der Waals surface area contributed by atoms with Crippen LogP contribution in [0.3, 0.4) is 0 Å². The van der Waals surface area contributed by atoms with Crippen molar-refractivity contribution in [3.8, 4) is 5.88 Å². The Morgan fingerprint density at radius 1 is 1.17 bits per heavy atom. The van der Waals surface area contributed by atoms with E-state index in [1.807, 2.05) is 0 Å². The van der Waals surface area contributed by atoms with Gasteiger partial charge in [0.15, 0.2) is 5.78 Å². The highest BCUT2D eigenvalue weighted by atomic mass is 35.5. The normalized spacial score (nSPS) is 13.0. The van der Waals surface area contributed by atoms with Crippen molar-refractivity contribution >= 4 is 23.4 Å². The molecule has 1 aromatic heterocycles. The third-order valence-electron chi connectivity index (χ3n) is 3.73. The summed E-state index contributed by atoms with van der Waals surface area (Å²) in [4.78, 5) is 33.0. The fourth-order valence-electron chi connectivity index (χ4n) is 2.30. The summed E-state index contributed by atoms with van der Waals surface area (Å²) < 4.78 is 9.95. The average Bonchev–Trinajstić information content (AvgIpc) is 2.61. The van der Waals surface area contributed by atoms with Gasteiger partial charge in [-0.15, -0.1) is 0 Å². The van der Waals surface area contributed by atoms with Crippen molar-refractivity contribution in [2.75, 3.05) is 14.2 Å². The first kappa shape index (κ1) is 17.9. The summed E-state index contributed by atoms with van der Waals surface area (Å²) in [5.41, 5.74) is -0.458. The van der Waals surface area contributed by atoms with Crippen molar-refractivity contribution in [1.29, 1.82) is 0 Å². The van der Waals surface area contributed by atoms with Crippen molar-refractivity contribution in [3.63, 3.8) is 0 Å². The van der Waals surface area contributed by atoms with Crippen molar-refractivity contribution in [2.45, 2.75) is 18.8 Å². The molecule has 2 aromatic rings. The summed E-state index contributed by atoms with van der Waals surface area (Å²) in [6.45, 7) is 1.61. The molecule has 7 heteroatoms. The standard InChI is InChI=1S/C17H17ClN2O4/c1-17(16(22)24-3,14-8-15(23-2)20-10-19-14)9-13(21)11-4-6-12(18)7-5-11/h4-8,10H,9H2,1-3H3. The van der Waals surface area contributed by atoms with E-state index in [2.05, 4.69) is 9.97 Å². The third kappa shape index (κ3) is 3.71. The number of benzene rings is 1. The quantitative estimate of drug-likeness (QED) is 0.590. The Morgan fingerprint density at radius 3 is 2.42 bits per heavy atom. The summed E-state index contributed by atoms with van der Waals surface area (Å²) in [6, 6.07) is 7.99. The number of Topliss-reactive ketones (excluding diaryl/α,β-unsaturated/α-hetero) is 1. The van der Waals surface area contributed by atoms with Gasteiger partial charge >= 0.3 is 5.97 Å². The minimum Gasteiger partial charge on any atom is -0.481 e. The predicted octanol–water partition coefficient (Wildman–Crippen LogP) is 2.84. The van der Waals surface area contributed by atoms with Crippen molar-refractivity contribution in [2.24, 2.45) is 0 Å². The molecule has 6 nitrogen and oxygen atoms in total. The van der Waals surface area contributed by atoms with E-state index in [-0.39, 0.29) is 12.2 Å². The number of aromatic nitrogens is 2. The molecule has 0 aliphatic heterocycles. The molecule has 0 fully saturated rings. The lowest BCUT2D eigenvalue weighted by atomic mass is 9.80. The van der Waals surface area contributed by atoms with Crippen LogP contribution in [-0.4, -0.2) is 35.9 Å². The Bertz CT molecular complexity index is 749. The molecule has 0 saturated carbocycles. The van der Waals surface area contributed by atoms with Crippen LogP contribution in [0.15, 0.2) is 36.7 Å². The van der Waals surface area contributed by atoms with Crippen LogP contribution >= 0.6 is 11.6 Å². The van der Waals surface area contributed by atoms with Crippen molar-refractivity contribution in [3.05, 3.63) is 52.9 Å². The van der Waals surface area contributed by atoms with Crippen LogP contribution in [0.1, 0.15) is 29.4 Å². The van der Waals surface area contributed by atoms with Gasteiger partial charge in [-0.25, -0.2) is 9.97 Å². The van der Waals surface area contributed by atoms with E-state index >= 15 is 0 Å². The number of ether oxygens (including phenoxy) is 2. The van der Waals surface area contributed by atoms with E-state index in [4.69, 9.17) is 21.1 Å². The maximum atomic E-state index is 12.6. The average molecular weight is 349 g/mol. The zero-order valence-corrected chi connectivity index (χ0v) is 14.3. The Balaban J connectivity index is 2.38. The van der Waals surface area contributed by atoms with E-state index in [1.165, 1.54) is 26.6 Å². The molecule has 0 bridgehead atoms. The molecule has 1 unspecified atom stereocenters. The lowest BCUT2D eigenvalue weighted by molar-refractivity contribution is -0.147. The molecular weight excluding hydrogens is 332 g/mol. The molecular formula is C17H17ClN2O4. The van der Waals surface area contributed by atoms with E-state index in [1.54, 1.807) is 31.2 Å². The minimum atomic E-state index is -1.26. The Kier molecular flexibility index (Phi) is 5.51. The SMILES string of the molecule is COC(=O)C(C)(CC(=O)c1ccc(Cl)cc1)c1cc(OC)ncn1. The number of rotatable bonds is 6. The highest BCUT2D eigenvalue weighted by Crippen LogP contribution is 2.31. The van der Waals surface area contributed by atoms with Gasteiger partial charge in [-0.3, -0.25) is 9.59 Å². The predicted molar refractivity (Wildman–Crippen MR) is 88.4 cm³/mol. The van der Waals surface area contributed by atoms with Crippen LogP contribution in [0.4, 0.5) is 0 Å². The van der Waals surface area contributed by atoms with Crippen molar-refractivity contribution in [1.82, 2.24) is 9.97 Å². The summed E-state index contributed by atoms with van der Waals surface area (Å²) in [7, 11) is 2.73. The molecule has 0 radical (unpaired) electrons. The first-order valence-electron chi connectivity index (χ1n) is 7.14. The molecule has 0 N–H and O–H groups in total. The number of hydrogen-bond donors (Lipinski definition) is 0. The smallest absolute Gasteiger partial charge is 0.318 e. The van der Waals surface area contributed by atoms with Gasteiger partial charge in [0, 0.05) is 23.1 Å². The largest absolute Gasteiger partial charge is 0.481 e. The van der Waals surface area contributed by atoms with Gasteiger partial charge in [0.05, 0.1) is 19.9 Å². The van der Waals surface area contributed by atoms with Gasteiger partial charge in [0.1, 0.15) is 11.7 Å². The molecule has 0 amide bonds. The van der Waals surface area contributed by atoms with Crippen LogP contribution in [0, 0.1) is 0 Å². The molecule has 1 atom stereocenters. The van der Waals surface area contributed by atoms with Crippen LogP contribution in [0.2, 0.25) is 5.02 Å². The van der Waals surface area contributed by atoms with Gasteiger partial charge in [0.25, 0.3) is 0 Å². The Morgan fingerprint density at radius 2 is 1.83 bits per heavy atom. The third-order valence-corrected chi connectivity index (χ3v) is 3.98. The fourth-order valence-corrected chi connectivity index (χ4v) is 2.43. The van der Waals surface area contributed by atoms with Crippen molar-refractivity contribution < 1.29 is 19.1 Å². The number of nitrogens with zero attached hydrogens (tertiary/aromatic N) is 2. The second-order valence-electron chi connectivity index (χ2n) is 5.38. The lowest BCUT2D eigenvalue weighted by Crippen LogP contribution is -2.37. The summed E-state index contributed by atoms with van der Waals surface area (Å²) >= 11 is 5.84. The van der Waals surface area contributed by atoms with Crippen LogP contribution in [0.5, 0.6) is 5.88 Å². The van der Waals surface area contributed by atoms with E-state index < -0.39 is 11.4 Å². The van der Waals surface area contributed by atoms with Crippen LogP contribution < -0.4 is 4.74 Å².